The van der Waals surface area contributed by atoms with Crippen molar-refractivity contribution >= 4 is 34.8 Å². The molecule has 2 aromatic carbocycles. The van der Waals surface area contributed by atoms with Crippen molar-refractivity contribution in [2.75, 3.05) is 0 Å². The van der Waals surface area contributed by atoms with Gasteiger partial charge in [0.2, 0.25) is 0 Å². The fraction of sp³-hybridized carbons (Fsp3) is 0.0769. The minimum atomic E-state index is 0.532. The van der Waals surface area contributed by atoms with Gasteiger partial charge in [-0.05, 0) is 35.7 Å². The van der Waals surface area contributed by atoms with Crippen molar-refractivity contribution in [3.8, 4) is 0 Å². The summed E-state index contributed by atoms with van der Waals surface area (Å²) in [7, 11) is 0. The lowest BCUT2D eigenvalue weighted by Crippen LogP contribution is -1.89. The molecule has 0 aliphatic rings. The summed E-state index contributed by atoms with van der Waals surface area (Å²) in [5.74, 6) is 0. The molecule has 0 heterocycles. The first-order chi connectivity index (χ1) is 7.65. The Balaban J connectivity index is 2.23. The Labute approximate surface area is 110 Å². The maximum atomic E-state index is 6.04. The Morgan fingerprint density at radius 3 is 2.19 bits per heavy atom. The van der Waals surface area contributed by atoms with Crippen LogP contribution < -0.4 is 0 Å². The van der Waals surface area contributed by atoms with E-state index in [1.54, 1.807) is 6.07 Å². The van der Waals surface area contributed by atoms with E-state index in [2.05, 4.69) is 6.07 Å². The van der Waals surface area contributed by atoms with Crippen LogP contribution in [0.2, 0.25) is 15.1 Å². The highest BCUT2D eigenvalue weighted by atomic mass is 35.5. The average Bonchev–Trinajstić information content (AvgIpc) is 2.25. The predicted molar refractivity (Wildman–Crippen MR) is 69.6 cm³/mol. The van der Waals surface area contributed by atoms with Crippen molar-refractivity contribution < 1.29 is 0 Å². The first kappa shape index (κ1) is 11.8. The molecule has 2 rings (SSSR count). The molecule has 0 bridgehead atoms. The molecule has 0 saturated heterocycles. The molecule has 0 aliphatic carbocycles. The molecular weight excluding hydrogens is 263 g/mol. The second-order valence-electron chi connectivity index (χ2n) is 3.45. The molecule has 0 amide bonds. The van der Waals surface area contributed by atoms with Gasteiger partial charge >= 0.3 is 0 Å². The van der Waals surface area contributed by atoms with Crippen LogP contribution in [0.4, 0.5) is 0 Å². The normalized spacial score (nSPS) is 10.4. The van der Waals surface area contributed by atoms with E-state index in [0.29, 0.717) is 10.0 Å². The molecule has 0 saturated carbocycles. The highest BCUT2D eigenvalue weighted by Gasteiger charge is 2.03. The third-order valence-electron chi connectivity index (χ3n) is 2.25. The molecule has 0 unspecified atom stereocenters. The average molecular weight is 271 g/mol. The first-order valence-corrected chi connectivity index (χ1v) is 5.89. The molecule has 0 spiro atoms. The van der Waals surface area contributed by atoms with Crippen LogP contribution in [0.5, 0.6) is 0 Å². The highest BCUT2D eigenvalue weighted by Crippen LogP contribution is 2.23. The van der Waals surface area contributed by atoms with Gasteiger partial charge in [0.05, 0.1) is 10.0 Å². The molecular formula is C13H8Cl3. The summed E-state index contributed by atoms with van der Waals surface area (Å²) in [5, 5.41) is 1.84. The van der Waals surface area contributed by atoms with E-state index in [0.717, 1.165) is 22.6 Å². The summed E-state index contributed by atoms with van der Waals surface area (Å²) in [6, 6.07) is 14.3. The van der Waals surface area contributed by atoms with Crippen LogP contribution in [0.25, 0.3) is 0 Å². The molecule has 0 atom stereocenters. The number of benzene rings is 2. The highest BCUT2D eigenvalue weighted by molar-refractivity contribution is 6.34. The fourth-order valence-corrected chi connectivity index (χ4v) is 2.00. The molecule has 81 valence electrons. The van der Waals surface area contributed by atoms with Crippen molar-refractivity contribution in [2.45, 2.75) is 6.42 Å². The van der Waals surface area contributed by atoms with Gasteiger partial charge in [-0.2, -0.15) is 0 Å². The first-order valence-electron chi connectivity index (χ1n) is 4.76. The van der Waals surface area contributed by atoms with Gasteiger partial charge in [0.25, 0.3) is 0 Å². The fourth-order valence-electron chi connectivity index (χ4n) is 1.43. The Bertz CT molecular complexity index is 489. The van der Waals surface area contributed by atoms with Gasteiger partial charge in [-0.3, -0.25) is 0 Å². The van der Waals surface area contributed by atoms with E-state index in [-0.39, 0.29) is 0 Å². The quantitative estimate of drug-likeness (QED) is 0.717. The van der Waals surface area contributed by atoms with Gasteiger partial charge in [-0.15, -0.1) is 0 Å². The van der Waals surface area contributed by atoms with Gasteiger partial charge in [-0.25, -0.2) is 0 Å². The van der Waals surface area contributed by atoms with Crippen molar-refractivity contribution in [3.05, 3.63) is 68.7 Å². The van der Waals surface area contributed by atoms with Crippen LogP contribution in [0.1, 0.15) is 11.1 Å². The van der Waals surface area contributed by atoms with Gasteiger partial charge in [0.15, 0.2) is 0 Å². The van der Waals surface area contributed by atoms with Crippen molar-refractivity contribution in [1.82, 2.24) is 0 Å². The van der Waals surface area contributed by atoms with E-state index in [1.807, 2.05) is 30.3 Å². The summed E-state index contributed by atoms with van der Waals surface area (Å²) in [4.78, 5) is 0. The zero-order chi connectivity index (χ0) is 11.5. The van der Waals surface area contributed by atoms with Crippen LogP contribution in [0.15, 0.2) is 36.4 Å². The molecule has 0 aromatic heterocycles. The number of hydrogen-bond donors (Lipinski definition) is 0. The maximum absolute atomic E-state index is 6.04. The molecule has 0 nitrogen and oxygen atoms in total. The lowest BCUT2D eigenvalue weighted by atomic mass is 10.1. The van der Waals surface area contributed by atoms with Crippen LogP contribution in [0, 0.1) is 6.07 Å². The standard InChI is InChI=1S/C13H8Cl3/c14-11-4-1-9(2-5-11)7-10-3-6-12(15)8-13(10)16/h1-6H,7H2. The molecule has 3 heteroatoms. The van der Waals surface area contributed by atoms with Crippen LogP contribution in [-0.4, -0.2) is 0 Å². The van der Waals surface area contributed by atoms with Crippen LogP contribution >= 0.6 is 34.8 Å². The summed E-state index contributed by atoms with van der Waals surface area (Å²) >= 11 is 17.6. The van der Waals surface area contributed by atoms with Crippen molar-refractivity contribution in [3.63, 3.8) is 0 Å². The van der Waals surface area contributed by atoms with E-state index in [9.17, 15) is 0 Å². The number of hydrogen-bond acceptors (Lipinski definition) is 0. The second kappa shape index (κ2) is 5.09. The number of rotatable bonds is 2. The summed E-state index contributed by atoms with van der Waals surface area (Å²) in [6.45, 7) is 0. The number of halogens is 3. The molecule has 0 fully saturated rings. The smallest absolute Gasteiger partial charge is 0.0535 e. The monoisotopic (exact) mass is 269 g/mol. The third kappa shape index (κ3) is 2.91. The molecule has 2 aromatic rings. The molecule has 0 aliphatic heterocycles. The maximum Gasteiger partial charge on any atom is 0.0535 e. The Morgan fingerprint density at radius 2 is 1.56 bits per heavy atom. The summed E-state index contributed by atoms with van der Waals surface area (Å²) in [6.07, 6.45) is 0.754. The lowest BCUT2D eigenvalue weighted by molar-refractivity contribution is 1.19. The predicted octanol–water partition coefficient (Wildman–Crippen LogP) is 5.04. The topological polar surface area (TPSA) is 0 Å². The molecule has 1 radical (unpaired) electrons. The van der Waals surface area contributed by atoms with Gasteiger partial charge in [-0.1, -0.05) is 53.0 Å². The zero-order valence-electron chi connectivity index (χ0n) is 8.31. The summed E-state index contributed by atoms with van der Waals surface area (Å²) < 4.78 is 0. The molecule has 16 heavy (non-hydrogen) atoms. The Hall–Kier alpha value is -0.690. The lowest BCUT2D eigenvalue weighted by Gasteiger charge is -2.04. The van der Waals surface area contributed by atoms with Gasteiger partial charge < -0.3 is 0 Å². The van der Waals surface area contributed by atoms with E-state index in [1.165, 1.54) is 0 Å². The van der Waals surface area contributed by atoms with E-state index < -0.39 is 0 Å². The van der Waals surface area contributed by atoms with Crippen molar-refractivity contribution in [2.24, 2.45) is 0 Å². The van der Waals surface area contributed by atoms with E-state index >= 15 is 0 Å². The summed E-state index contributed by atoms with van der Waals surface area (Å²) in [5.41, 5.74) is 2.16. The van der Waals surface area contributed by atoms with Crippen LogP contribution in [0.3, 0.4) is 0 Å². The SMILES string of the molecule is Clc1[c]c(Cl)c(Cc2ccc(Cl)cc2)cc1. The van der Waals surface area contributed by atoms with Gasteiger partial charge in [0, 0.05) is 11.1 Å². The largest absolute Gasteiger partial charge is 0.0843 e. The Morgan fingerprint density at radius 1 is 0.875 bits per heavy atom. The minimum absolute atomic E-state index is 0.532. The van der Waals surface area contributed by atoms with Crippen LogP contribution in [-0.2, 0) is 6.42 Å². The van der Waals surface area contributed by atoms with E-state index in [4.69, 9.17) is 34.8 Å². The zero-order valence-corrected chi connectivity index (χ0v) is 10.6. The Kier molecular flexibility index (Phi) is 3.75. The minimum Gasteiger partial charge on any atom is -0.0843 e. The molecule has 0 N–H and O–H groups in total. The van der Waals surface area contributed by atoms with Crippen molar-refractivity contribution in [1.29, 1.82) is 0 Å². The second-order valence-corrected chi connectivity index (χ2v) is 4.67. The van der Waals surface area contributed by atoms with Gasteiger partial charge in [0.1, 0.15) is 0 Å². The third-order valence-corrected chi connectivity index (χ3v) is 3.06.